The standard InChI is InChI=1S/C29H26ClF3N8O3S/c1-2-20-24(39-7-5-34-6-8-39)27(43)41-28(37-26(38-41)15-3-4-16-12-44-13-17(16)9-15)40(20)11-21(42)36-22-19(30)10-18(29(31,32)33)25-23(22)35-14-45-25/h3-4,9-10,14,34H,2,5-8,11-13H2,1H3,(H,36,42). The van der Waals surface area contributed by atoms with E-state index in [9.17, 15) is 22.8 Å². The Balaban J connectivity index is 1.33. The smallest absolute Gasteiger partial charge is 0.372 e. The minimum Gasteiger partial charge on any atom is -0.372 e. The Morgan fingerprint density at radius 3 is 2.71 bits per heavy atom. The Bertz CT molecular complexity index is 2030. The van der Waals surface area contributed by atoms with Crippen LogP contribution in [0.5, 0.6) is 0 Å². The van der Waals surface area contributed by atoms with Gasteiger partial charge < -0.3 is 24.8 Å². The summed E-state index contributed by atoms with van der Waals surface area (Å²) in [6, 6.07) is 6.54. The van der Waals surface area contributed by atoms with Crippen molar-refractivity contribution in [2.24, 2.45) is 0 Å². The van der Waals surface area contributed by atoms with E-state index in [4.69, 9.17) is 21.3 Å². The van der Waals surface area contributed by atoms with Crippen LogP contribution in [0.25, 0.3) is 27.4 Å². The van der Waals surface area contributed by atoms with Gasteiger partial charge in [0.05, 0.1) is 45.4 Å². The number of halogens is 4. The van der Waals surface area contributed by atoms with E-state index in [1.165, 1.54) is 10.0 Å². The highest BCUT2D eigenvalue weighted by molar-refractivity contribution is 7.17. The minimum atomic E-state index is -4.65. The van der Waals surface area contributed by atoms with Crippen molar-refractivity contribution in [3.63, 3.8) is 0 Å². The first-order valence-corrected chi connectivity index (χ1v) is 15.5. The third-order valence-corrected chi connectivity index (χ3v) is 9.16. The molecule has 0 bridgehead atoms. The molecule has 1 saturated heterocycles. The molecule has 3 aromatic heterocycles. The second kappa shape index (κ2) is 11.4. The van der Waals surface area contributed by atoms with Crippen LogP contribution in [-0.2, 0) is 41.9 Å². The molecular formula is C29H26ClF3N8O3S. The van der Waals surface area contributed by atoms with Crippen LogP contribution in [0.4, 0.5) is 24.5 Å². The molecule has 1 amide bonds. The van der Waals surface area contributed by atoms with Gasteiger partial charge in [-0.15, -0.1) is 16.4 Å². The van der Waals surface area contributed by atoms with Gasteiger partial charge in [0.15, 0.2) is 5.82 Å². The van der Waals surface area contributed by atoms with Crippen LogP contribution in [0.3, 0.4) is 0 Å². The number of nitrogens with one attached hydrogen (secondary N) is 2. The van der Waals surface area contributed by atoms with E-state index in [1.54, 1.807) is 4.57 Å². The summed E-state index contributed by atoms with van der Waals surface area (Å²) in [6.07, 6.45) is -4.25. The summed E-state index contributed by atoms with van der Waals surface area (Å²) in [6.45, 7) is 5.08. The number of piperazine rings is 1. The molecule has 0 aliphatic carbocycles. The number of hydrogen-bond donors (Lipinski definition) is 2. The Morgan fingerprint density at radius 1 is 1.18 bits per heavy atom. The van der Waals surface area contributed by atoms with E-state index in [0.29, 0.717) is 68.6 Å². The van der Waals surface area contributed by atoms with Gasteiger partial charge in [0, 0.05) is 31.7 Å². The molecule has 45 heavy (non-hydrogen) atoms. The fourth-order valence-corrected chi connectivity index (χ4v) is 6.97. The highest BCUT2D eigenvalue weighted by Gasteiger charge is 2.35. The van der Waals surface area contributed by atoms with E-state index in [1.807, 2.05) is 30.0 Å². The zero-order chi connectivity index (χ0) is 31.5. The van der Waals surface area contributed by atoms with E-state index in [2.05, 4.69) is 20.7 Å². The maximum absolute atomic E-state index is 14.0. The van der Waals surface area contributed by atoms with Crippen molar-refractivity contribution in [1.82, 2.24) is 29.5 Å². The third-order valence-electron chi connectivity index (χ3n) is 8.00. The first-order valence-electron chi connectivity index (χ1n) is 14.2. The van der Waals surface area contributed by atoms with Crippen LogP contribution in [-0.4, -0.2) is 56.2 Å². The topological polar surface area (TPSA) is 119 Å². The Kier molecular flexibility index (Phi) is 7.50. The number of nitrogens with zero attached hydrogens (tertiary/aromatic N) is 6. The van der Waals surface area contributed by atoms with E-state index in [0.717, 1.165) is 28.5 Å². The first-order chi connectivity index (χ1) is 21.6. The first kappa shape index (κ1) is 29.6. The van der Waals surface area contributed by atoms with E-state index in [-0.39, 0.29) is 38.8 Å². The van der Waals surface area contributed by atoms with E-state index >= 15 is 0 Å². The van der Waals surface area contributed by atoms with Crippen molar-refractivity contribution < 1.29 is 22.7 Å². The van der Waals surface area contributed by atoms with Crippen molar-refractivity contribution in [2.75, 3.05) is 36.4 Å². The van der Waals surface area contributed by atoms with Gasteiger partial charge in [-0.05, 0) is 29.7 Å². The van der Waals surface area contributed by atoms with Crippen LogP contribution in [0.15, 0.2) is 34.6 Å². The molecule has 0 radical (unpaired) electrons. The number of thiazole rings is 1. The normalized spacial score (nSPS) is 15.3. The summed E-state index contributed by atoms with van der Waals surface area (Å²) in [5.74, 6) is -0.114. The molecule has 2 aliphatic heterocycles. The molecule has 2 aliphatic rings. The number of ether oxygens (including phenoxy) is 1. The molecule has 2 aromatic carbocycles. The summed E-state index contributed by atoms with van der Waals surface area (Å²) < 4.78 is 49.3. The monoisotopic (exact) mass is 658 g/mol. The lowest BCUT2D eigenvalue weighted by Gasteiger charge is -2.31. The number of benzene rings is 2. The Hall–Kier alpha value is -4.05. The van der Waals surface area contributed by atoms with Gasteiger partial charge in [0.1, 0.15) is 17.7 Å². The number of rotatable bonds is 6. The molecular weight excluding hydrogens is 633 g/mol. The number of fused-ring (bicyclic) bond motifs is 3. The van der Waals surface area contributed by atoms with Gasteiger partial charge in [-0.1, -0.05) is 30.7 Å². The van der Waals surface area contributed by atoms with Crippen molar-refractivity contribution in [1.29, 1.82) is 0 Å². The van der Waals surface area contributed by atoms with Gasteiger partial charge >= 0.3 is 6.18 Å². The number of carbonyl (C=O) groups excluding carboxylic acids is 1. The molecule has 0 saturated carbocycles. The molecule has 0 atom stereocenters. The summed E-state index contributed by atoms with van der Waals surface area (Å²) in [7, 11) is 0. The van der Waals surface area contributed by atoms with Crippen molar-refractivity contribution >= 4 is 56.2 Å². The molecule has 0 spiro atoms. The molecule has 2 N–H and O–H groups in total. The SMILES string of the molecule is CCc1c(N2CCNCC2)c(=O)n2nc(-c3ccc4c(c3)COC4)nc2n1CC(=O)Nc1c(Cl)cc(C(F)(F)F)c2scnc12. The van der Waals surface area contributed by atoms with Gasteiger partial charge in [-0.2, -0.15) is 22.7 Å². The van der Waals surface area contributed by atoms with Crippen molar-refractivity contribution in [3.8, 4) is 11.4 Å². The van der Waals surface area contributed by atoms with Gasteiger partial charge in [0.2, 0.25) is 11.7 Å². The van der Waals surface area contributed by atoms with Crippen molar-refractivity contribution in [3.05, 3.63) is 67.5 Å². The highest BCUT2D eigenvalue weighted by atomic mass is 35.5. The lowest BCUT2D eigenvalue weighted by atomic mass is 10.1. The maximum Gasteiger partial charge on any atom is 0.417 e. The zero-order valence-corrected chi connectivity index (χ0v) is 25.4. The summed E-state index contributed by atoms with van der Waals surface area (Å²) >= 11 is 7.09. The van der Waals surface area contributed by atoms with Gasteiger partial charge in [-0.3, -0.25) is 9.59 Å². The quantitative estimate of drug-likeness (QED) is 0.274. The number of hydrogen-bond acceptors (Lipinski definition) is 9. The fourth-order valence-electron chi connectivity index (χ4n) is 5.90. The van der Waals surface area contributed by atoms with Crippen LogP contribution in [0.2, 0.25) is 5.02 Å². The highest BCUT2D eigenvalue weighted by Crippen LogP contribution is 2.42. The summed E-state index contributed by atoms with van der Waals surface area (Å²) in [5.41, 5.74) is 3.72. The van der Waals surface area contributed by atoms with Crippen molar-refractivity contribution in [2.45, 2.75) is 39.3 Å². The lowest BCUT2D eigenvalue weighted by molar-refractivity contribution is -0.136. The largest absolute Gasteiger partial charge is 0.417 e. The van der Waals surface area contributed by atoms with Gasteiger partial charge in [0.25, 0.3) is 5.56 Å². The molecule has 234 valence electrons. The zero-order valence-electron chi connectivity index (χ0n) is 23.9. The van der Waals surface area contributed by atoms with Crippen LogP contribution >= 0.6 is 22.9 Å². The second-order valence-corrected chi connectivity index (χ2v) is 12.0. The summed E-state index contributed by atoms with van der Waals surface area (Å²) in [4.78, 5) is 38.4. The predicted octanol–water partition coefficient (Wildman–Crippen LogP) is 4.48. The average molecular weight is 659 g/mol. The lowest BCUT2D eigenvalue weighted by Crippen LogP contribution is -2.47. The molecule has 1 fully saturated rings. The Labute approximate surface area is 262 Å². The maximum atomic E-state index is 14.0. The number of carbonyl (C=O) groups is 1. The fraction of sp³-hybridized carbons (Fsp3) is 0.345. The van der Waals surface area contributed by atoms with Crippen LogP contribution in [0, 0.1) is 0 Å². The number of anilines is 2. The molecule has 7 rings (SSSR count). The minimum absolute atomic E-state index is 0.0223. The molecule has 0 unspecified atom stereocenters. The molecule has 11 nitrogen and oxygen atoms in total. The average Bonchev–Trinajstić information content (AvgIpc) is 3.79. The third kappa shape index (κ3) is 5.22. The molecule has 5 aromatic rings. The van der Waals surface area contributed by atoms with Crippen LogP contribution < -0.4 is 21.1 Å². The predicted molar refractivity (Wildman–Crippen MR) is 164 cm³/mol. The van der Waals surface area contributed by atoms with E-state index < -0.39 is 17.6 Å². The number of alkyl halides is 3. The van der Waals surface area contributed by atoms with Gasteiger partial charge in [-0.25, -0.2) is 4.98 Å². The summed E-state index contributed by atoms with van der Waals surface area (Å²) in [5, 5.41) is 10.3. The molecule has 16 heteroatoms. The van der Waals surface area contributed by atoms with Crippen LogP contribution in [0.1, 0.15) is 29.3 Å². The Morgan fingerprint density at radius 2 is 1.96 bits per heavy atom. The molecule has 5 heterocycles. The number of amides is 1. The second-order valence-electron chi connectivity index (χ2n) is 10.8. The number of aromatic nitrogens is 5.